The molecule has 1 aliphatic carbocycles. The zero-order valence-corrected chi connectivity index (χ0v) is 18.0. The molecular formula is C23H31FO6. The molecule has 4 saturated heterocycles. The first-order valence-electron chi connectivity index (χ1n) is 11.1. The Morgan fingerprint density at radius 1 is 1.03 bits per heavy atom. The molecule has 2 bridgehead atoms. The number of hydrogen-bond donors (Lipinski definition) is 0. The predicted molar refractivity (Wildman–Crippen MR) is 105 cm³/mol. The Morgan fingerprint density at radius 3 is 2.50 bits per heavy atom. The summed E-state index contributed by atoms with van der Waals surface area (Å²) in [7, 11) is 0. The molecule has 4 aliphatic heterocycles. The summed E-state index contributed by atoms with van der Waals surface area (Å²) in [5.74, 6) is 1.45. The maximum atomic E-state index is 13.0. The second-order valence-electron chi connectivity index (χ2n) is 9.52. The lowest BCUT2D eigenvalue weighted by atomic mass is 9.58. The fraction of sp³-hybridized carbons (Fsp3) is 0.739. The maximum Gasteiger partial charge on any atom is 0.235 e. The normalized spacial score (nSPS) is 45.9. The van der Waals surface area contributed by atoms with Crippen LogP contribution in [0.2, 0.25) is 0 Å². The van der Waals surface area contributed by atoms with E-state index in [0.717, 1.165) is 25.7 Å². The van der Waals surface area contributed by atoms with Crippen molar-refractivity contribution in [2.45, 2.75) is 83.7 Å². The minimum Gasteiger partial charge on any atom is -0.465 e. The Balaban J connectivity index is 1.40. The summed E-state index contributed by atoms with van der Waals surface area (Å²) >= 11 is 0. The van der Waals surface area contributed by atoms with Gasteiger partial charge in [0.2, 0.25) is 18.4 Å². The highest BCUT2D eigenvalue weighted by molar-refractivity contribution is 5.31. The molecule has 4 heterocycles. The van der Waals surface area contributed by atoms with Crippen LogP contribution in [-0.2, 0) is 19.2 Å². The number of ether oxygens (including phenoxy) is 4. The minimum atomic E-state index is -1.36. The Bertz CT molecular complexity index is 771. The molecule has 1 aromatic carbocycles. The lowest BCUT2D eigenvalue weighted by molar-refractivity contribution is -0.575. The molecule has 5 fully saturated rings. The fourth-order valence-electron chi connectivity index (χ4n) is 5.93. The van der Waals surface area contributed by atoms with E-state index < -0.39 is 30.3 Å². The molecule has 1 saturated carbocycles. The third-order valence-electron chi connectivity index (χ3n) is 7.47. The van der Waals surface area contributed by atoms with E-state index >= 15 is 0 Å². The molecule has 1 spiro atoms. The van der Waals surface area contributed by atoms with Gasteiger partial charge in [0, 0.05) is 25.2 Å². The zero-order valence-electron chi connectivity index (χ0n) is 18.0. The number of hydrogen-bond acceptors (Lipinski definition) is 6. The fourth-order valence-corrected chi connectivity index (χ4v) is 5.93. The number of alkyl halides is 1. The first-order chi connectivity index (χ1) is 14.3. The van der Waals surface area contributed by atoms with Gasteiger partial charge in [0.15, 0.2) is 11.9 Å². The van der Waals surface area contributed by atoms with Crippen molar-refractivity contribution in [2.24, 2.45) is 23.7 Å². The second-order valence-corrected chi connectivity index (χ2v) is 9.52. The summed E-state index contributed by atoms with van der Waals surface area (Å²) in [6.07, 6.45) is 1.58. The highest BCUT2D eigenvalue weighted by Gasteiger charge is 2.69. The molecule has 9 atom stereocenters. The van der Waals surface area contributed by atoms with E-state index in [0.29, 0.717) is 23.3 Å². The van der Waals surface area contributed by atoms with Crippen LogP contribution in [-0.4, -0.2) is 30.3 Å². The average Bonchev–Trinajstić information content (AvgIpc) is 2.93. The van der Waals surface area contributed by atoms with Gasteiger partial charge in [-0.05, 0) is 62.3 Å². The summed E-state index contributed by atoms with van der Waals surface area (Å²) in [4.78, 5) is 12.0. The number of benzene rings is 1. The van der Waals surface area contributed by atoms with Crippen LogP contribution in [0.4, 0.5) is 4.39 Å². The van der Waals surface area contributed by atoms with Crippen LogP contribution in [0.15, 0.2) is 24.3 Å². The van der Waals surface area contributed by atoms with Gasteiger partial charge in [-0.1, -0.05) is 13.8 Å². The molecule has 166 valence electrons. The smallest absolute Gasteiger partial charge is 0.235 e. The van der Waals surface area contributed by atoms with Crippen molar-refractivity contribution in [1.82, 2.24) is 0 Å². The van der Waals surface area contributed by atoms with E-state index in [2.05, 4.69) is 13.8 Å². The Labute approximate surface area is 176 Å². The molecule has 0 radical (unpaired) electrons. The van der Waals surface area contributed by atoms with Crippen LogP contribution < -0.4 is 9.47 Å². The van der Waals surface area contributed by atoms with Gasteiger partial charge in [-0.15, -0.1) is 0 Å². The standard InChI is InChI=1S/C23H31FO6/c1-13-5-10-19-14(2)20(26-17-8-6-16(7-9-17)25-15(3)24)27-21-23(19)18(13)11-12-22(4,28-21)29-30-23/h6-9,13-15,18-21H,5,10-12H2,1-4H3/t13-,14-,15?,18+,19+,20+,21-,22+,23-/m1/s1. The van der Waals surface area contributed by atoms with E-state index in [1.165, 1.54) is 6.92 Å². The average molecular weight is 422 g/mol. The lowest BCUT2D eigenvalue weighted by Gasteiger charge is -2.60. The van der Waals surface area contributed by atoms with E-state index in [9.17, 15) is 4.39 Å². The highest BCUT2D eigenvalue weighted by atomic mass is 19.1. The number of halogens is 1. The van der Waals surface area contributed by atoms with Gasteiger partial charge in [-0.25, -0.2) is 14.2 Å². The molecule has 0 amide bonds. The van der Waals surface area contributed by atoms with Crippen LogP contribution in [0.3, 0.4) is 0 Å². The molecule has 0 aromatic heterocycles. The Kier molecular flexibility index (Phi) is 5.01. The van der Waals surface area contributed by atoms with Crippen LogP contribution in [0, 0.1) is 23.7 Å². The van der Waals surface area contributed by atoms with Gasteiger partial charge >= 0.3 is 0 Å². The van der Waals surface area contributed by atoms with Gasteiger partial charge < -0.3 is 18.9 Å². The topological polar surface area (TPSA) is 55.4 Å². The van der Waals surface area contributed by atoms with Crippen LogP contribution >= 0.6 is 0 Å². The third-order valence-corrected chi connectivity index (χ3v) is 7.47. The molecule has 1 unspecified atom stereocenters. The monoisotopic (exact) mass is 422 g/mol. The van der Waals surface area contributed by atoms with Crippen LogP contribution in [0.1, 0.15) is 53.4 Å². The quantitative estimate of drug-likeness (QED) is 0.639. The van der Waals surface area contributed by atoms with E-state index in [1.807, 2.05) is 6.92 Å². The summed E-state index contributed by atoms with van der Waals surface area (Å²) < 4.78 is 37.1. The summed E-state index contributed by atoms with van der Waals surface area (Å²) in [6.45, 7) is 7.71. The number of rotatable bonds is 4. The van der Waals surface area contributed by atoms with Crippen molar-refractivity contribution in [3.05, 3.63) is 24.3 Å². The second kappa shape index (κ2) is 7.33. The molecule has 30 heavy (non-hydrogen) atoms. The SMILES string of the molecule is CC(F)Oc1ccc(O[C@H]2O[C@@H]3O[C@]4(C)CC[C@H]5[C@H](C)CC[C@@H]([C@H]2C)[C@@]35OO4)cc1. The molecule has 7 heteroatoms. The molecular weight excluding hydrogens is 391 g/mol. The maximum absolute atomic E-state index is 13.0. The predicted octanol–water partition coefficient (Wildman–Crippen LogP) is 4.97. The zero-order chi connectivity index (χ0) is 21.1. The summed E-state index contributed by atoms with van der Waals surface area (Å²) in [6, 6.07) is 6.93. The van der Waals surface area contributed by atoms with Gasteiger partial charge in [-0.3, -0.25) is 0 Å². The van der Waals surface area contributed by atoms with E-state index in [4.69, 9.17) is 28.7 Å². The van der Waals surface area contributed by atoms with Crippen molar-refractivity contribution >= 4 is 0 Å². The van der Waals surface area contributed by atoms with Crippen molar-refractivity contribution in [2.75, 3.05) is 0 Å². The third kappa shape index (κ3) is 3.22. The van der Waals surface area contributed by atoms with E-state index in [1.54, 1.807) is 24.3 Å². The van der Waals surface area contributed by atoms with Crippen molar-refractivity contribution in [3.8, 4) is 11.5 Å². The molecule has 1 aromatic rings. The van der Waals surface area contributed by atoms with Crippen molar-refractivity contribution in [3.63, 3.8) is 0 Å². The molecule has 6 nitrogen and oxygen atoms in total. The number of fused-ring (bicyclic) bond motifs is 2. The van der Waals surface area contributed by atoms with Gasteiger partial charge in [0.1, 0.15) is 11.5 Å². The van der Waals surface area contributed by atoms with Crippen molar-refractivity contribution < 1.29 is 33.1 Å². The largest absolute Gasteiger partial charge is 0.465 e. The lowest BCUT2D eigenvalue weighted by Crippen LogP contribution is -2.70. The van der Waals surface area contributed by atoms with Crippen molar-refractivity contribution in [1.29, 1.82) is 0 Å². The molecule has 6 rings (SSSR count). The van der Waals surface area contributed by atoms with E-state index in [-0.39, 0.29) is 11.8 Å². The van der Waals surface area contributed by atoms with Crippen LogP contribution in [0.5, 0.6) is 11.5 Å². The molecule has 0 N–H and O–H groups in total. The Morgan fingerprint density at radius 2 is 1.77 bits per heavy atom. The highest BCUT2D eigenvalue weighted by Crippen LogP contribution is 2.60. The first kappa shape index (κ1) is 20.5. The van der Waals surface area contributed by atoms with Crippen LogP contribution in [0.25, 0.3) is 0 Å². The Hall–Kier alpha value is -1.41. The first-order valence-corrected chi connectivity index (χ1v) is 11.1. The van der Waals surface area contributed by atoms with Gasteiger partial charge in [0.05, 0.1) is 0 Å². The van der Waals surface area contributed by atoms with Gasteiger partial charge in [0.25, 0.3) is 0 Å². The minimum absolute atomic E-state index is 0.0905. The summed E-state index contributed by atoms with van der Waals surface area (Å²) in [5.41, 5.74) is -0.595. The van der Waals surface area contributed by atoms with Gasteiger partial charge in [-0.2, -0.15) is 0 Å². The molecule has 5 aliphatic rings. The summed E-state index contributed by atoms with van der Waals surface area (Å²) in [5, 5.41) is 0.